The molecule has 2 aliphatic carbocycles. The molecule has 1 fully saturated rings. The molecule has 10 heteroatoms. The molecule has 29 heavy (non-hydrogen) atoms. The van der Waals surface area contributed by atoms with Crippen molar-refractivity contribution in [2.45, 2.75) is 19.0 Å². The van der Waals surface area contributed by atoms with Crippen LogP contribution in [0.1, 0.15) is 6.42 Å². The van der Waals surface area contributed by atoms with Crippen LogP contribution in [0.15, 0.2) is 30.7 Å². The lowest BCUT2D eigenvalue weighted by atomic mass is 9.88. The van der Waals surface area contributed by atoms with E-state index < -0.39 is 0 Å². The summed E-state index contributed by atoms with van der Waals surface area (Å²) < 4.78 is 1.86. The second-order valence-electron chi connectivity index (χ2n) is 7.86. The number of allylic oxidation sites excluding steroid dienone is 1. The summed E-state index contributed by atoms with van der Waals surface area (Å²) in [6.07, 6.45) is 10.3. The van der Waals surface area contributed by atoms with Crippen LogP contribution in [0.3, 0.4) is 0 Å². The molecule has 0 radical (unpaired) electrons. The third-order valence-corrected chi connectivity index (χ3v) is 5.78. The quantitative estimate of drug-likeness (QED) is 0.561. The monoisotopic (exact) mass is 416 g/mol. The van der Waals surface area contributed by atoms with Gasteiger partial charge in [0, 0.05) is 18.8 Å². The minimum absolute atomic E-state index is 0.114. The number of primary amides is 1. The summed E-state index contributed by atoms with van der Waals surface area (Å²) in [6.45, 7) is 1.68. The maximum Gasteiger partial charge on any atom is 0.229 e. The molecule has 4 N–H and O–H groups in total. The number of rotatable bonds is 8. The van der Waals surface area contributed by atoms with Crippen molar-refractivity contribution in [3.05, 3.63) is 35.8 Å². The van der Waals surface area contributed by atoms with Crippen LogP contribution in [0.25, 0.3) is 0 Å². The number of nitrogens with one attached hydrogen (secondary N) is 2. The van der Waals surface area contributed by atoms with Gasteiger partial charge in [-0.2, -0.15) is 10.1 Å². The zero-order chi connectivity index (χ0) is 20.5. The predicted molar refractivity (Wildman–Crippen MR) is 112 cm³/mol. The van der Waals surface area contributed by atoms with E-state index in [0.29, 0.717) is 16.8 Å². The minimum atomic E-state index is -0.298. The molecule has 4 atom stereocenters. The number of nitrogens with two attached hydrogens (primary N) is 1. The van der Waals surface area contributed by atoms with Gasteiger partial charge in [0.15, 0.2) is 5.82 Å². The number of amides is 1. The Morgan fingerprint density at radius 1 is 1.34 bits per heavy atom. The summed E-state index contributed by atoms with van der Waals surface area (Å²) in [4.78, 5) is 22.8. The number of anilines is 3. The molecule has 2 bridgehead atoms. The molecule has 1 amide bonds. The van der Waals surface area contributed by atoms with Crippen molar-refractivity contribution in [2.75, 3.05) is 31.3 Å². The summed E-state index contributed by atoms with van der Waals surface area (Å²) in [5.41, 5.74) is 6.43. The van der Waals surface area contributed by atoms with Gasteiger partial charge < -0.3 is 21.3 Å². The largest absolute Gasteiger partial charge is 0.369 e. The molecule has 0 aliphatic heterocycles. The highest BCUT2D eigenvalue weighted by Gasteiger charge is 2.47. The van der Waals surface area contributed by atoms with Gasteiger partial charge in [0.2, 0.25) is 11.9 Å². The number of likely N-dealkylation sites (N-methyl/N-ethyl adjacent to an activating group) is 1. The lowest BCUT2D eigenvalue weighted by molar-refractivity contribution is -0.122. The second kappa shape index (κ2) is 8.00. The van der Waals surface area contributed by atoms with Gasteiger partial charge in [-0.05, 0) is 32.4 Å². The molecule has 0 aromatic carbocycles. The SMILES string of the molecule is CN(C)CCn1cc(Nc2ncc(Cl)c(N[C@@H]3[C@H](C(N)=O)[C@H]4C=C[C@@H]3C4)n2)cn1. The number of halogens is 1. The van der Waals surface area contributed by atoms with E-state index in [1.165, 1.54) is 6.20 Å². The van der Waals surface area contributed by atoms with Crippen molar-refractivity contribution >= 4 is 35.0 Å². The highest BCUT2D eigenvalue weighted by molar-refractivity contribution is 6.32. The zero-order valence-electron chi connectivity index (χ0n) is 16.4. The van der Waals surface area contributed by atoms with E-state index in [1.807, 2.05) is 25.0 Å². The van der Waals surface area contributed by atoms with Crippen LogP contribution in [-0.2, 0) is 11.3 Å². The van der Waals surface area contributed by atoms with Crippen LogP contribution in [0.5, 0.6) is 0 Å². The number of hydrogen-bond donors (Lipinski definition) is 3. The Hall–Kier alpha value is -2.65. The van der Waals surface area contributed by atoms with Crippen LogP contribution >= 0.6 is 11.6 Å². The van der Waals surface area contributed by atoms with Crippen molar-refractivity contribution in [2.24, 2.45) is 23.5 Å². The number of hydrogen-bond acceptors (Lipinski definition) is 7. The predicted octanol–water partition coefficient (Wildman–Crippen LogP) is 1.72. The molecule has 1 saturated carbocycles. The first-order valence-electron chi connectivity index (χ1n) is 9.61. The van der Waals surface area contributed by atoms with Crippen LogP contribution < -0.4 is 16.4 Å². The van der Waals surface area contributed by atoms with E-state index in [2.05, 4.69) is 42.8 Å². The molecule has 2 aromatic heterocycles. The smallest absolute Gasteiger partial charge is 0.229 e. The summed E-state index contributed by atoms with van der Waals surface area (Å²) in [6, 6.07) is -0.114. The lowest BCUT2D eigenvalue weighted by Gasteiger charge is -2.27. The van der Waals surface area contributed by atoms with Crippen molar-refractivity contribution in [3.8, 4) is 0 Å². The van der Waals surface area contributed by atoms with Gasteiger partial charge in [-0.1, -0.05) is 23.8 Å². The number of carbonyl (C=O) groups is 1. The Morgan fingerprint density at radius 2 is 2.14 bits per heavy atom. The Bertz CT molecular complexity index is 927. The van der Waals surface area contributed by atoms with Crippen LogP contribution in [0.2, 0.25) is 5.02 Å². The second-order valence-corrected chi connectivity index (χ2v) is 8.26. The van der Waals surface area contributed by atoms with Gasteiger partial charge >= 0.3 is 0 Å². The fourth-order valence-corrected chi connectivity index (χ4v) is 4.22. The van der Waals surface area contributed by atoms with Gasteiger partial charge in [0.05, 0.1) is 30.5 Å². The third kappa shape index (κ3) is 4.20. The first kappa shape index (κ1) is 19.7. The third-order valence-electron chi connectivity index (χ3n) is 5.50. The normalized spacial score (nSPS) is 25.0. The molecule has 0 spiro atoms. The molecule has 0 saturated heterocycles. The maximum atomic E-state index is 11.9. The van der Waals surface area contributed by atoms with E-state index in [1.54, 1.807) is 6.20 Å². The summed E-state index contributed by atoms with van der Waals surface area (Å²) >= 11 is 6.31. The van der Waals surface area contributed by atoms with E-state index >= 15 is 0 Å². The van der Waals surface area contributed by atoms with Crippen molar-refractivity contribution in [1.82, 2.24) is 24.6 Å². The summed E-state index contributed by atoms with van der Waals surface area (Å²) in [5.74, 6) is 0.756. The molecule has 154 valence electrons. The van der Waals surface area contributed by atoms with Crippen molar-refractivity contribution in [1.29, 1.82) is 0 Å². The molecule has 2 heterocycles. The van der Waals surface area contributed by atoms with Gasteiger partial charge in [-0.15, -0.1) is 0 Å². The van der Waals surface area contributed by atoms with Gasteiger partial charge in [-0.3, -0.25) is 9.48 Å². The minimum Gasteiger partial charge on any atom is -0.369 e. The van der Waals surface area contributed by atoms with Crippen LogP contribution in [0, 0.1) is 17.8 Å². The van der Waals surface area contributed by atoms with E-state index in [0.717, 1.165) is 25.2 Å². The highest BCUT2D eigenvalue weighted by Crippen LogP contribution is 2.45. The van der Waals surface area contributed by atoms with Gasteiger partial charge in [0.25, 0.3) is 0 Å². The average Bonchev–Trinajstić information content (AvgIpc) is 3.39. The first-order valence-corrected chi connectivity index (χ1v) is 9.99. The van der Waals surface area contributed by atoms with E-state index in [4.69, 9.17) is 17.3 Å². The van der Waals surface area contributed by atoms with Crippen molar-refractivity contribution in [3.63, 3.8) is 0 Å². The molecular formula is C19H25ClN8O. The topological polar surface area (TPSA) is 114 Å². The van der Waals surface area contributed by atoms with E-state index in [9.17, 15) is 4.79 Å². The molecule has 2 aliphatic rings. The fourth-order valence-electron chi connectivity index (χ4n) is 4.08. The molecule has 2 aromatic rings. The summed E-state index contributed by atoms with van der Waals surface area (Å²) in [5, 5.41) is 11.2. The molecular weight excluding hydrogens is 392 g/mol. The van der Waals surface area contributed by atoms with Crippen LogP contribution in [0.4, 0.5) is 17.5 Å². The number of fused-ring (bicyclic) bond motifs is 2. The standard InChI is InChI=1S/C19H25ClN8O/c1-27(2)5-6-28-10-13(8-23-28)24-19-22-9-14(20)18(26-19)25-16-12-4-3-11(7-12)15(16)17(21)29/h3-4,8-12,15-16H,5-7H2,1-2H3,(H2,21,29)(H2,22,24,25,26)/t11-,12+,15+,16-/m0/s1. The number of carbonyl (C=O) groups excluding carboxylic acids is 1. The molecule has 0 unspecified atom stereocenters. The van der Waals surface area contributed by atoms with Gasteiger partial charge in [-0.25, -0.2) is 4.98 Å². The maximum absolute atomic E-state index is 11.9. The highest BCUT2D eigenvalue weighted by atomic mass is 35.5. The molecule has 9 nitrogen and oxygen atoms in total. The number of aromatic nitrogens is 4. The Kier molecular flexibility index (Phi) is 5.42. The van der Waals surface area contributed by atoms with E-state index in [-0.39, 0.29) is 29.7 Å². The Balaban J connectivity index is 1.47. The van der Waals surface area contributed by atoms with Gasteiger partial charge in [0.1, 0.15) is 5.02 Å². The summed E-state index contributed by atoms with van der Waals surface area (Å²) in [7, 11) is 4.04. The number of nitrogens with zero attached hydrogens (tertiary/aromatic N) is 5. The first-order chi connectivity index (χ1) is 13.9. The van der Waals surface area contributed by atoms with Crippen LogP contribution in [-0.4, -0.2) is 57.2 Å². The Labute approximate surface area is 174 Å². The zero-order valence-corrected chi connectivity index (χ0v) is 17.2. The molecule has 4 rings (SSSR count). The fraction of sp³-hybridized carbons (Fsp3) is 0.474. The lowest BCUT2D eigenvalue weighted by Crippen LogP contribution is -2.41. The Morgan fingerprint density at radius 3 is 2.90 bits per heavy atom. The van der Waals surface area contributed by atoms with Crippen molar-refractivity contribution < 1.29 is 4.79 Å². The average molecular weight is 417 g/mol.